The second-order valence-electron chi connectivity index (χ2n) is 5.03. The number of nitrogens with one attached hydrogen (secondary N) is 1. The van der Waals surface area contributed by atoms with Crippen LogP contribution in [0.3, 0.4) is 0 Å². The van der Waals surface area contributed by atoms with Crippen molar-refractivity contribution in [2.75, 3.05) is 5.32 Å². The van der Waals surface area contributed by atoms with E-state index in [-0.39, 0.29) is 0 Å². The number of carbonyl (C=O) groups excluding carboxylic acids is 1. The summed E-state index contributed by atoms with van der Waals surface area (Å²) in [6, 6.07) is 8.88. The van der Waals surface area contributed by atoms with Gasteiger partial charge >= 0.3 is 5.97 Å². The van der Waals surface area contributed by atoms with Crippen LogP contribution >= 0.6 is 11.8 Å². The van der Waals surface area contributed by atoms with E-state index in [1.54, 1.807) is 18.2 Å². The Labute approximate surface area is 131 Å². The molecule has 2 rings (SSSR count). The summed E-state index contributed by atoms with van der Waals surface area (Å²) in [5.41, 5.74) is 1.86. The molecule has 6 nitrogen and oxygen atoms in total. The van der Waals surface area contributed by atoms with Gasteiger partial charge in [-0.25, -0.2) is 0 Å². The fourth-order valence-corrected chi connectivity index (χ4v) is 3.78. The number of nitrogens with zero attached hydrogens (tertiary/aromatic N) is 2. The van der Waals surface area contributed by atoms with Crippen molar-refractivity contribution >= 4 is 29.3 Å². The van der Waals surface area contributed by atoms with Gasteiger partial charge in [0.05, 0.1) is 12.1 Å². The van der Waals surface area contributed by atoms with Gasteiger partial charge in [0.25, 0.3) is 0 Å². The minimum Gasteiger partial charge on any atom is -0.480 e. The highest BCUT2D eigenvalue weighted by atomic mass is 32.2. The van der Waals surface area contributed by atoms with E-state index in [0.717, 1.165) is 17.3 Å². The second kappa shape index (κ2) is 5.70. The Morgan fingerprint density at radius 2 is 2.05 bits per heavy atom. The summed E-state index contributed by atoms with van der Waals surface area (Å²) in [6.45, 7) is 3.26. The average Bonchev–Trinajstić information content (AvgIpc) is 2.73. The van der Waals surface area contributed by atoms with Gasteiger partial charge in [0.15, 0.2) is 10.7 Å². The van der Waals surface area contributed by atoms with Crippen LogP contribution < -0.4 is 5.32 Å². The first-order valence-electron chi connectivity index (χ1n) is 6.49. The maximum absolute atomic E-state index is 12.6. The lowest BCUT2D eigenvalue weighted by molar-refractivity contribution is -0.136. The van der Waals surface area contributed by atoms with Crippen LogP contribution in [0.25, 0.3) is 0 Å². The Bertz CT molecular complexity index is 721. The van der Waals surface area contributed by atoms with Crippen LogP contribution in [0, 0.1) is 35.5 Å². The van der Waals surface area contributed by atoms with Crippen molar-refractivity contribution in [1.82, 2.24) is 0 Å². The van der Waals surface area contributed by atoms with E-state index in [0.29, 0.717) is 11.3 Å². The van der Waals surface area contributed by atoms with E-state index in [2.05, 4.69) is 5.32 Å². The molecule has 2 unspecified atom stereocenters. The molecule has 1 aliphatic heterocycles. The van der Waals surface area contributed by atoms with Crippen LogP contribution in [0.5, 0.6) is 0 Å². The number of carboxylic acids is 1. The number of rotatable bonds is 4. The number of aryl methyl sites for hydroxylation is 1. The van der Waals surface area contributed by atoms with E-state index in [9.17, 15) is 20.1 Å². The standard InChI is InChI=1S/C15H13N3O3S/c1-8-3-4-12-11(5-8)15(14(21)18-12,10(6-16)7-17)22-9(2)13(19)20/h3-5,9-10H,1-2H3,(H,18,21)(H,19,20). The average molecular weight is 315 g/mol. The van der Waals surface area contributed by atoms with Crippen molar-refractivity contribution < 1.29 is 14.7 Å². The van der Waals surface area contributed by atoms with Crippen LogP contribution in [0.15, 0.2) is 18.2 Å². The number of nitriles is 2. The van der Waals surface area contributed by atoms with Gasteiger partial charge in [-0.2, -0.15) is 10.5 Å². The molecule has 1 amide bonds. The van der Waals surface area contributed by atoms with E-state index in [4.69, 9.17) is 5.11 Å². The summed E-state index contributed by atoms with van der Waals surface area (Å²) in [6.07, 6.45) is 0. The lowest BCUT2D eigenvalue weighted by atomic mass is 9.87. The first-order chi connectivity index (χ1) is 10.4. The van der Waals surface area contributed by atoms with Gasteiger partial charge in [0, 0.05) is 11.3 Å². The zero-order valence-corrected chi connectivity index (χ0v) is 12.8. The molecule has 0 aromatic heterocycles. The molecule has 0 bridgehead atoms. The topological polar surface area (TPSA) is 114 Å². The molecule has 0 fully saturated rings. The molecule has 2 atom stereocenters. The molecule has 1 aliphatic rings. The molecule has 0 saturated carbocycles. The molecule has 1 aromatic rings. The maximum atomic E-state index is 12.6. The number of thioether (sulfide) groups is 1. The highest BCUT2D eigenvalue weighted by molar-refractivity contribution is 8.02. The van der Waals surface area contributed by atoms with Crippen LogP contribution in [0.2, 0.25) is 0 Å². The van der Waals surface area contributed by atoms with Crippen molar-refractivity contribution in [2.24, 2.45) is 5.92 Å². The molecule has 7 heteroatoms. The third-order valence-electron chi connectivity index (χ3n) is 3.54. The minimum atomic E-state index is -1.54. The second-order valence-corrected chi connectivity index (χ2v) is 6.62. The Hall–Kier alpha value is -2.51. The van der Waals surface area contributed by atoms with Gasteiger partial charge in [0.2, 0.25) is 5.91 Å². The molecule has 0 radical (unpaired) electrons. The van der Waals surface area contributed by atoms with Crippen LogP contribution in [0.4, 0.5) is 5.69 Å². The van der Waals surface area contributed by atoms with Crippen LogP contribution in [-0.4, -0.2) is 22.2 Å². The predicted molar refractivity (Wildman–Crippen MR) is 80.9 cm³/mol. The molecule has 112 valence electrons. The molecular weight excluding hydrogens is 302 g/mol. The zero-order chi connectivity index (χ0) is 16.5. The van der Waals surface area contributed by atoms with Gasteiger partial charge in [-0.05, 0) is 19.9 Å². The smallest absolute Gasteiger partial charge is 0.316 e. The Morgan fingerprint density at radius 3 is 2.59 bits per heavy atom. The number of aliphatic carboxylic acids is 1. The molecule has 1 aromatic carbocycles. The molecule has 2 N–H and O–H groups in total. The monoisotopic (exact) mass is 315 g/mol. The number of carbonyl (C=O) groups is 2. The molecular formula is C15H13N3O3S. The van der Waals surface area contributed by atoms with E-state index < -0.39 is 27.8 Å². The van der Waals surface area contributed by atoms with Gasteiger partial charge < -0.3 is 10.4 Å². The SMILES string of the molecule is Cc1ccc2c(c1)C(SC(C)C(=O)O)(C(C#N)C#N)C(=O)N2. The van der Waals surface area contributed by atoms with Crippen molar-refractivity contribution in [3.8, 4) is 12.1 Å². The normalized spacial score (nSPS) is 20.7. The lowest BCUT2D eigenvalue weighted by Gasteiger charge is -2.29. The van der Waals surface area contributed by atoms with E-state index in [1.165, 1.54) is 6.92 Å². The largest absolute Gasteiger partial charge is 0.480 e. The Kier molecular flexibility index (Phi) is 4.11. The summed E-state index contributed by atoms with van der Waals surface area (Å²) in [5, 5.41) is 29.5. The Balaban J connectivity index is 2.68. The predicted octanol–water partition coefficient (Wildman–Crippen LogP) is 2.01. The van der Waals surface area contributed by atoms with Crippen molar-refractivity contribution in [3.05, 3.63) is 29.3 Å². The summed E-state index contributed by atoms with van der Waals surface area (Å²) in [5.74, 6) is -2.92. The number of hydrogen-bond donors (Lipinski definition) is 2. The van der Waals surface area contributed by atoms with Crippen LogP contribution in [-0.2, 0) is 14.3 Å². The summed E-state index contributed by atoms with van der Waals surface area (Å²) < 4.78 is -1.54. The lowest BCUT2D eigenvalue weighted by Crippen LogP contribution is -2.40. The Morgan fingerprint density at radius 1 is 1.41 bits per heavy atom. The number of anilines is 1. The number of hydrogen-bond acceptors (Lipinski definition) is 5. The number of carboxylic acid groups (broad SMARTS) is 1. The van der Waals surface area contributed by atoms with Crippen molar-refractivity contribution in [2.45, 2.75) is 23.8 Å². The molecule has 0 spiro atoms. The van der Waals surface area contributed by atoms with Gasteiger partial charge in [-0.15, -0.1) is 11.8 Å². The van der Waals surface area contributed by atoms with Crippen LogP contribution in [0.1, 0.15) is 18.1 Å². The highest BCUT2D eigenvalue weighted by Crippen LogP contribution is 2.52. The summed E-state index contributed by atoms with van der Waals surface area (Å²) >= 11 is 0.823. The molecule has 0 saturated heterocycles. The highest BCUT2D eigenvalue weighted by Gasteiger charge is 2.55. The minimum absolute atomic E-state index is 0.490. The third-order valence-corrected chi connectivity index (χ3v) is 5.10. The molecule has 0 aliphatic carbocycles. The number of benzene rings is 1. The first-order valence-corrected chi connectivity index (χ1v) is 7.37. The summed E-state index contributed by atoms with van der Waals surface area (Å²) in [7, 11) is 0. The van der Waals surface area contributed by atoms with Gasteiger partial charge in [-0.1, -0.05) is 17.7 Å². The number of amides is 1. The van der Waals surface area contributed by atoms with Gasteiger partial charge in [0.1, 0.15) is 5.25 Å². The van der Waals surface area contributed by atoms with Crippen molar-refractivity contribution in [3.63, 3.8) is 0 Å². The summed E-state index contributed by atoms with van der Waals surface area (Å²) in [4.78, 5) is 23.8. The van der Waals surface area contributed by atoms with Crippen molar-refractivity contribution in [1.29, 1.82) is 10.5 Å². The number of fused-ring (bicyclic) bond motifs is 1. The molecule has 22 heavy (non-hydrogen) atoms. The fourth-order valence-electron chi connectivity index (χ4n) is 2.42. The fraction of sp³-hybridized carbons (Fsp3) is 0.333. The third kappa shape index (κ3) is 2.30. The maximum Gasteiger partial charge on any atom is 0.316 e. The molecule has 1 heterocycles. The van der Waals surface area contributed by atoms with E-state index >= 15 is 0 Å². The van der Waals surface area contributed by atoms with E-state index in [1.807, 2.05) is 19.1 Å². The van der Waals surface area contributed by atoms with Gasteiger partial charge in [-0.3, -0.25) is 9.59 Å². The quantitative estimate of drug-likeness (QED) is 0.878. The first kappa shape index (κ1) is 15.9. The zero-order valence-electron chi connectivity index (χ0n) is 12.0.